The topological polar surface area (TPSA) is 49.3 Å². The maximum Gasteiger partial charge on any atom is 0.328 e. The molecule has 3 nitrogen and oxygen atoms in total. The standard InChI is InChI=1S/C14H17NO2/c1-5-8-15-14(4,13(16)17)12-9-10(2)6-7-11(12)3/h1,6-7,9,15H,8H2,2-4H3,(H,16,17). The number of benzene rings is 1. The van der Waals surface area contributed by atoms with Gasteiger partial charge in [0.15, 0.2) is 0 Å². The molecule has 1 aromatic rings. The zero-order valence-corrected chi connectivity index (χ0v) is 10.4. The number of carboxylic acids is 1. The number of carbonyl (C=O) groups is 1. The average Bonchev–Trinajstić information content (AvgIpc) is 2.29. The maximum absolute atomic E-state index is 11.5. The molecule has 0 heterocycles. The zero-order chi connectivity index (χ0) is 13.1. The molecule has 1 unspecified atom stereocenters. The molecule has 1 atom stereocenters. The Bertz CT molecular complexity index is 474. The first-order chi connectivity index (χ1) is 7.91. The number of nitrogens with one attached hydrogen (secondary N) is 1. The molecule has 0 radical (unpaired) electrons. The van der Waals surface area contributed by atoms with Crippen LogP contribution in [0.4, 0.5) is 0 Å². The van der Waals surface area contributed by atoms with Gasteiger partial charge >= 0.3 is 5.97 Å². The Kier molecular flexibility index (Phi) is 3.93. The van der Waals surface area contributed by atoms with Crippen LogP contribution in [-0.4, -0.2) is 17.6 Å². The van der Waals surface area contributed by atoms with Crippen LogP contribution in [0.25, 0.3) is 0 Å². The monoisotopic (exact) mass is 231 g/mol. The van der Waals surface area contributed by atoms with Crippen molar-refractivity contribution >= 4 is 5.97 Å². The number of hydrogen-bond donors (Lipinski definition) is 2. The van der Waals surface area contributed by atoms with Crippen molar-refractivity contribution in [3.8, 4) is 12.3 Å². The van der Waals surface area contributed by atoms with Gasteiger partial charge in [-0.2, -0.15) is 0 Å². The smallest absolute Gasteiger partial charge is 0.328 e. The molecule has 0 saturated heterocycles. The second-order valence-electron chi connectivity index (χ2n) is 4.31. The van der Waals surface area contributed by atoms with Gasteiger partial charge in [-0.3, -0.25) is 5.32 Å². The first-order valence-electron chi connectivity index (χ1n) is 5.41. The third kappa shape index (κ3) is 2.66. The fourth-order valence-corrected chi connectivity index (χ4v) is 1.79. The molecule has 0 fully saturated rings. The Morgan fingerprint density at radius 1 is 1.53 bits per heavy atom. The van der Waals surface area contributed by atoms with E-state index in [1.165, 1.54) is 0 Å². The van der Waals surface area contributed by atoms with Crippen molar-refractivity contribution in [2.45, 2.75) is 26.3 Å². The molecule has 2 N–H and O–H groups in total. The first kappa shape index (κ1) is 13.3. The molecular weight excluding hydrogens is 214 g/mol. The van der Waals surface area contributed by atoms with E-state index in [4.69, 9.17) is 6.42 Å². The Labute approximate surface area is 102 Å². The van der Waals surface area contributed by atoms with E-state index in [0.717, 1.165) is 16.7 Å². The lowest BCUT2D eigenvalue weighted by atomic mass is 9.87. The fraction of sp³-hybridized carbons (Fsp3) is 0.357. The maximum atomic E-state index is 11.5. The number of hydrogen-bond acceptors (Lipinski definition) is 2. The number of terminal acetylenes is 1. The molecule has 0 aliphatic rings. The average molecular weight is 231 g/mol. The van der Waals surface area contributed by atoms with Crippen molar-refractivity contribution in [1.29, 1.82) is 0 Å². The molecule has 0 saturated carbocycles. The normalized spacial score (nSPS) is 13.8. The molecule has 0 amide bonds. The molecule has 0 aromatic heterocycles. The van der Waals surface area contributed by atoms with E-state index in [2.05, 4.69) is 11.2 Å². The molecular formula is C14H17NO2. The summed E-state index contributed by atoms with van der Waals surface area (Å²) >= 11 is 0. The van der Waals surface area contributed by atoms with Crippen molar-refractivity contribution < 1.29 is 9.90 Å². The summed E-state index contributed by atoms with van der Waals surface area (Å²) in [5.41, 5.74) is 1.56. The van der Waals surface area contributed by atoms with Gasteiger partial charge in [-0.1, -0.05) is 29.7 Å². The number of aryl methyl sites for hydroxylation is 2. The van der Waals surface area contributed by atoms with Gasteiger partial charge in [-0.25, -0.2) is 4.79 Å². The van der Waals surface area contributed by atoms with Crippen LogP contribution in [0.5, 0.6) is 0 Å². The van der Waals surface area contributed by atoms with Crippen molar-refractivity contribution in [3.05, 3.63) is 34.9 Å². The minimum Gasteiger partial charge on any atom is -0.480 e. The number of aliphatic carboxylic acids is 1. The lowest BCUT2D eigenvalue weighted by Crippen LogP contribution is -2.47. The zero-order valence-electron chi connectivity index (χ0n) is 10.4. The van der Waals surface area contributed by atoms with E-state index in [-0.39, 0.29) is 6.54 Å². The van der Waals surface area contributed by atoms with Crippen LogP contribution < -0.4 is 5.32 Å². The molecule has 0 spiro atoms. The van der Waals surface area contributed by atoms with Gasteiger partial charge in [0.25, 0.3) is 0 Å². The third-order valence-electron chi connectivity index (χ3n) is 2.90. The predicted octanol–water partition coefficient (Wildman–Crippen LogP) is 1.83. The van der Waals surface area contributed by atoms with Crippen molar-refractivity contribution in [2.24, 2.45) is 0 Å². The molecule has 0 aliphatic heterocycles. The third-order valence-corrected chi connectivity index (χ3v) is 2.90. The molecule has 0 bridgehead atoms. The summed E-state index contributed by atoms with van der Waals surface area (Å²) in [6, 6.07) is 5.76. The summed E-state index contributed by atoms with van der Waals surface area (Å²) in [4.78, 5) is 11.5. The van der Waals surface area contributed by atoms with Gasteiger partial charge in [0, 0.05) is 0 Å². The van der Waals surface area contributed by atoms with Crippen LogP contribution in [0.15, 0.2) is 18.2 Å². The van der Waals surface area contributed by atoms with Crippen molar-refractivity contribution in [2.75, 3.05) is 6.54 Å². The van der Waals surface area contributed by atoms with Crippen LogP contribution in [-0.2, 0) is 10.3 Å². The lowest BCUT2D eigenvalue weighted by Gasteiger charge is -2.28. The van der Waals surface area contributed by atoms with Gasteiger partial charge in [-0.05, 0) is 31.9 Å². The van der Waals surface area contributed by atoms with Crippen LogP contribution in [0, 0.1) is 26.2 Å². The second kappa shape index (κ2) is 5.03. The van der Waals surface area contributed by atoms with E-state index in [1.54, 1.807) is 6.92 Å². The van der Waals surface area contributed by atoms with Gasteiger partial charge in [0.1, 0.15) is 5.54 Å². The first-order valence-corrected chi connectivity index (χ1v) is 5.41. The highest BCUT2D eigenvalue weighted by molar-refractivity contribution is 5.81. The summed E-state index contributed by atoms with van der Waals surface area (Å²) in [5, 5.41) is 12.3. The van der Waals surface area contributed by atoms with E-state index in [0.29, 0.717) is 0 Å². The SMILES string of the molecule is C#CCNC(C)(C(=O)O)c1cc(C)ccc1C. The van der Waals surface area contributed by atoms with E-state index >= 15 is 0 Å². The second-order valence-corrected chi connectivity index (χ2v) is 4.31. The van der Waals surface area contributed by atoms with Gasteiger partial charge in [0.05, 0.1) is 6.54 Å². The van der Waals surface area contributed by atoms with Gasteiger partial charge in [-0.15, -0.1) is 6.42 Å². The highest BCUT2D eigenvalue weighted by Crippen LogP contribution is 2.25. The Morgan fingerprint density at radius 3 is 2.71 bits per heavy atom. The molecule has 0 aliphatic carbocycles. The predicted molar refractivity (Wildman–Crippen MR) is 67.7 cm³/mol. The van der Waals surface area contributed by atoms with Crippen LogP contribution >= 0.6 is 0 Å². The summed E-state index contributed by atoms with van der Waals surface area (Å²) in [7, 11) is 0. The fourth-order valence-electron chi connectivity index (χ4n) is 1.79. The molecule has 17 heavy (non-hydrogen) atoms. The summed E-state index contributed by atoms with van der Waals surface area (Å²) in [6.07, 6.45) is 5.18. The molecule has 3 heteroatoms. The number of rotatable bonds is 4. The highest BCUT2D eigenvalue weighted by Gasteiger charge is 2.35. The number of carboxylic acid groups (broad SMARTS) is 1. The molecule has 1 rings (SSSR count). The summed E-state index contributed by atoms with van der Waals surface area (Å²) < 4.78 is 0. The van der Waals surface area contributed by atoms with Gasteiger partial charge < -0.3 is 5.11 Å². The molecule has 90 valence electrons. The Hall–Kier alpha value is -1.79. The van der Waals surface area contributed by atoms with Crippen LogP contribution in [0.2, 0.25) is 0 Å². The van der Waals surface area contributed by atoms with E-state index < -0.39 is 11.5 Å². The summed E-state index contributed by atoms with van der Waals surface area (Å²) in [6.45, 7) is 5.69. The quantitative estimate of drug-likeness (QED) is 0.777. The Balaban J connectivity index is 3.27. The highest BCUT2D eigenvalue weighted by atomic mass is 16.4. The lowest BCUT2D eigenvalue weighted by molar-refractivity contribution is -0.144. The van der Waals surface area contributed by atoms with Crippen LogP contribution in [0.1, 0.15) is 23.6 Å². The van der Waals surface area contributed by atoms with Crippen molar-refractivity contribution in [1.82, 2.24) is 5.32 Å². The molecule has 1 aromatic carbocycles. The van der Waals surface area contributed by atoms with E-state index in [1.807, 2.05) is 32.0 Å². The minimum absolute atomic E-state index is 0.218. The Morgan fingerprint density at radius 2 is 2.18 bits per heavy atom. The van der Waals surface area contributed by atoms with Crippen molar-refractivity contribution in [3.63, 3.8) is 0 Å². The summed E-state index contributed by atoms with van der Waals surface area (Å²) in [5.74, 6) is 1.48. The van der Waals surface area contributed by atoms with Crippen LogP contribution in [0.3, 0.4) is 0 Å². The van der Waals surface area contributed by atoms with Gasteiger partial charge in [0.2, 0.25) is 0 Å². The van der Waals surface area contributed by atoms with E-state index in [9.17, 15) is 9.90 Å². The largest absolute Gasteiger partial charge is 0.480 e. The minimum atomic E-state index is -1.15.